The molecule has 0 fully saturated rings. The summed E-state index contributed by atoms with van der Waals surface area (Å²) in [6, 6.07) is 7.77. The number of nitrogens with one attached hydrogen (secondary N) is 1. The molecule has 2 rings (SSSR count). The Kier molecular flexibility index (Phi) is 4.63. The van der Waals surface area contributed by atoms with Crippen molar-refractivity contribution >= 4 is 23.4 Å². The molecule has 0 radical (unpaired) electrons. The topological polar surface area (TPSA) is 51.0 Å². The zero-order chi connectivity index (χ0) is 13.0. The maximum absolute atomic E-state index is 5.83. The van der Waals surface area contributed by atoms with Gasteiger partial charge in [0, 0.05) is 9.92 Å². The Morgan fingerprint density at radius 3 is 2.78 bits per heavy atom. The minimum Gasteiger partial charge on any atom is -0.338 e. The molecule has 6 heteroatoms. The highest BCUT2D eigenvalue weighted by Crippen LogP contribution is 2.23. The van der Waals surface area contributed by atoms with E-state index in [2.05, 4.69) is 15.5 Å². The van der Waals surface area contributed by atoms with Crippen LogP contribution in [0.5, 0.6) is 0 Å². The molecule has 1 N–H and O–H groups in total. The summed E-state index contributed by atoms with van der Waals surface area (Å²) in [5.74, 6) is 2.00. The van der Waals surface area contributed by atoms with Crippen molar-refractivity contribution in [2.45, 2.75) is 23.6 Å². The van der Waals surface area contributed by atoms with Crippen molar-refractivity contribution in [3.05, 3.63) is 41.0 Å². The average molecular weight is 284 g/mol. The van der Waals surface area contributed by atoms with Crippen LogP contribution in [0.2, 0.25) is 5.02 Å². The third kappa shape index (κ3) is 3.48. The molecule has 2 aromatic rings. The number of nitrogens with zero attached hydrogens (tertiary/aromatic N) is 2. The van der Waals surface area contributed by atoms with Crippen molar-refractivity contribution in [2.24, 2.45) is 0 Å². The van der Waals surface area contributed by atoms with Crippen LogP contribution >= 0.6 is 23.4 Å². The number of rotatable bonds is 5. The third-order valence-electron chi connectivity index (χ3n) is 2.47. The Balaban J connectivity index is 1.94. The van der Waals surface area contributed by atoms with Crippen LogP contribution in [0.25, 0.3) is 0 Å². The first-order valence-electron chi connectivity index (χ1n) is 5.57. The van der Waals surface area contributed by atoms with Gasteiger partial charge in [-0.3, -0.25) is 0 Å². The summed E-state index contributed by atoms with van der Waals surface area (Å²) in [7, 11) is 1.86. The monoisotopic (exact) mass is 283 g/mol. The van der Waals surface area contributed by atoms with Gasteiger partial charge in [-0.15, -0.1) is 11.8 Å². The lowest BCUT2D eigenvalue weighted by molar-refractivity contribution is 0.344. The Morgan fingerprint density at radius 2 is 2.11 bits per heavy atom. The molecule has 1 atom stereocenters. The van der Waals surface area contributed by atoms with Crippen molar-refractivity contribution < 1.29 is 4.52 Å². The molecule has 1 aromatic heterocycles. The molecular weight excluding hydrogens is 270 g/mol. The molecule has 1 aromatic carbocycles. The minimum absolute atomic E-state index is 0.0757. The summed E-state index contributed by atoms with van der Waals surface area (Å²) in [6.07, 6.45) is 0. The summed E-state index contributed by atoms with van der Waals surface area (Å²) in [5.41, 5.74) is 0. The molecule has 0 aliphatic carbocycles. The van der Waals surface area contributed by atoms with Crippen LogP contribution in [-0.2, 0) is 5.75 Å². The standard InChI is InChI=1S/C12H14ClN3OS/c1-8(14-2)12-15-11(16-17-12)7-18-10-5-3-9(13)4-6-10/h3-6,8,14H,7H2,1-2H3. The second-order valence-electron chi connectivity index (χ2n) is 3.80. The van der Waals surface area contributed by atoms with Gasteiger partial charge >= 0.3 is 0 Å². The molecule has 96 valence electrons. The Bertz CT molecular complexity index is 500. The smallest absolute Gasteiger partial charge is 0.243 e. The van der Waals surface area contributed by atoms with Gasteiger partial charge in [-0.25, -0.2) is 0 Å². The summed E-state index contributed by atoms with van der Waals surface area (Å²) in [6.45, 7) is 1.98. The van der Waals surface area contributed by atoms with Crippen LogP contribution in [0.1, 0.15) is 24.7 Å². The summed E-state index contributed by atoms with van der Waals surface area (Å²) >= 11 is 7.48. The lowest BCUT2D eigenvalue weighted by atomic mass is 10.3. The molecule has 18 heavy (non-hydrogen) atoms. The molecule has 0 aliphatic heterocycles. The predicted molar refractivity (Wildman–Crippen MR) is 72.8 cm³/mol. The number of aromatic nitrogens is 2. The molecule has 1 heterocycles. The van der Waals surface area contributed by atoms with E-state index in [0.717, 1.165) is 9.92 Å². The first-order chi connectivity index (χ1) is 8.69. The lowest BCUT2D eigenvalue weighted by Crippen LogP contribution is -2.12. The number of hydrogen-bond acceptors (Lipinski definition) is 5. The molecule has 1 unspecified atom stereocenters. The Hall–Kier alpha value is -1.04. The average Bonchev–Trinajstić information content (AvgIpc) is 2.86. The van der Waals surface area contributed by atoms with Crippen molar-refractivity contribution in [2.75, 3.05) is 7.05 Å². The van der Waals surface area contributed by atoms with E-state index in [9.17, 15) is 0 Å². The van der Waals surface area contributed by atoms with E-state index in [-0.39, 0.29) is 6.04 Å². The summed E-state index contributed by atoms with van der Waals surface area (Å²) < 4.78 is 5.17. The van der Waals surface area contributed by atoms with Crippen LogP contribution in [0, 0.1) is 0 Å². The second-order valence-corrected chi connectivity index (χ2v) is 5.29. The van der Waals surface area contributed by atoms with E-state index in [0.29, 0.717) is 17.5 Å². The second kappa shape index (κ2) is 6.22. The summed E-state index contributed by atoms with van der Waals surface area (Å²) in [5, 5.41) is 7.74. The van der Waals surface area contributed by atoms with Gasteiger partial charge in [0.1, 0.15) is 0 Å². The first-order valence-corrected chi connectivity index (χ1v) is 6.93. The SMILES string of the molecule is CNC(C)c1nc(CSc2ccc(Cl)cc2)no1. The van der Waals surface area contributed by atoms with Gasteiger partial charge in [-0.2, -0.15) is 4.98 Å². The maximum Gasteiger partial charge on any atom is 0.243 e. The Morgan fingerprint density at radius 1 is 1.39 bits per heavy atom. The fourth-order valence-corrected chi connectivity index (χ4v) is 2.17. The lowest BCUT2D eigenvalue weighted by Gasteiger charge is -2.01. The zero-order valence-electron chi connectivity index (χ0n) is 10.2. The number of halogens is 1. The van der Waals surface area contributed by atoms with E-state index in [1.165, 1.54) is 0 Å². The molecule has 4 nitrogen and oxygen atoms in total. The molecular formula is C12H14ClN3OS. The highest BCUT2D eigenvalue weighted by Gasteiger charge is 2.12. The highest BCUT2D eigenvalue weighted by atomic mass is 35.5. The molecule has 0 aliphatic rings. The highest BCUT2D eigenvalue weighted by molar-refractivity contribution is 7.98. The molecule has 0 saturated carbocycles. The fraction of sp³-hybridized carbons (Fsp3) is 0.333. The van der Waals surface area contributed by atoms with E-state index in [4.69, 9.17) is 16.1 Å². The summed E-state index contributed by atoms with van der Waals surface area (Å²) in [4.78, 5) is 5.46. The minimum atomic E-state index is 0.0757. The van der Waals surface area contributed by atoms with Gasteiger partial charge in [-0.1, -0.05) is 16.8 Å². The van der Waals surface area contributed by atoms with Crippen LogP contribution in [0.15, 0.2) is 33.7 Å². The van der Waals surface area contributed by atoms with E-state index >= 15 is 0 Å². The molecule has 0 amide bonds. The third-order valence-corrected chi connectivity index (χ3v) is 3.73. The van der Waals surface area contributed by atoms with Crippen molar-refractivity contribution in [1.82, 2.24) is 15.5 Å². The fourth-order valence-electron chi connectivity index (χ4n) is 1.30. The van der Waals surface area contributed by atoms with Gasteiger partial charge in [0.15, 0.2) is 5.82 Å². The van der Waals surface area contributed by atoms with E-state index in [1.54, 1.807) is 11.8 Å². The largest absolute Gasteiger partial charge is 0.338 e. The van der Waals surface area contributed by atoms with Gasteiger partial charge in [0.25, 0.3) is 0 Å². The maximum atomic E-state index is 5.83. The predicted octanol–water partition coefficient (Wildman–Crippen LogP) is 3.30. The van der Waals surface area contributed by atoms with Crippen LogP contribution in [-0.4, -0.2) is 17.2 Å². The zero-order valence-corrected chi connectivity index (χ0v) is 11.8. The van der Waals surface area contributed by atoms with E-state index in [1.807, 2.05) is 38.2 Å². The van der Waals surface area contributed by atoms with Crippen molar-refractivity contribution in [1.29, 1.82) is 0 Å². The number of benzene rings is 1. The van der Waals surface area contributed by atoms with Crippen LogP contribution in [0.4, 0.5) is 0 Å². The Labute approximate surface area is 115 Å². The normalized spacial score (nSPS) is 12.6. The van der Waals surface area contributed by atoms with Gasteiger partial charge < -0.3 is 9.84 Å². The molecule has 0 spiro atoms. The quantitative estimate of drug-likeness (QED) is 0.853. The number of thioether (sulfide) groups is 1. The van der Waals surface area contributed by atoms with E-state index < -0.39 is 0 Å². The van der Waals surface area contributed by atoms with Crippen molar-refractivity contribution in [3.63, 3.8) is 0 Å². The number of hydrogen-bond donors (Lipinski definition) is 1. The van der Waals surface area contributed by atoms with Crippen LogP contribution < -0.4 is 5.32 Å². The molecule has 0 saturated heterocycles. The van der Waals surface area contributed by atoms with Gasteiger partial charge in [0.05, 0.1) is 11.8 Å². The van der Waals surface area contributed by atoms with Crippen LogP contribution in [0.3, 0.4) is 0 Å². The van der Waals surface area contributed by atoms with Gasteiger partial charge in [-0.05, 0) is 38.2 Å². The first kappa shape index (κ1) is 13.4. The molecule has 0 bridgehead atoms. The van der Waals surface area contributed by atoms with Gasteiger partial charge in [0.2, 0.25) is 5.89 Å². The van der Waals surface area contributed by atoms with Crippen molar-refractivity contribution in [3.8, 4) is 0 Å².